The van der Waals surface area contributed by atoms with Gasteiger partial charge in [0.25, 0.3) is 0 Å². The van der Waals surface area contributed by atoms with Crippen LogP contribution in [0.2, 0.25) is 10.0 Å². The topological polar surface area (TPSA) is 43.6 Å². The lowest BCUT2D eigenvalue weighted by molar-refractivity contribution is 0.658. The highest BCUT2D eigenvalue weighted by Crippen LogP contribution is 2.40. The summed E-state index contributed by atoms with van der Waals surface area (Å²) in [5, 5.41) is 7.12. The van der Waals surface area contributed by atoms with E-state index in [0.29, 0.717) is 10.0 Å². The molecule has 4 heterocycles. The molecule has 0 N–H and O–H groups in total. The molecule has 0 atom stereocenters. The smallest absolute Gasteiger partial charge is 0.119 e. The second-order valence-corrected chi connectivity index (χ2v) is 8.75. The van der Waals surface area contributed by atoms with E-state index in [1.165, 1.54) is 5.69 Å². The predicted molar refractivity (Wildman–Crippen MR) is 130 cm³/mol. The van der Waals surface area contributed by atoms with Gasteiger partial charge in [-0.15, -0.1) is 0 Å². The van der Waals surface area contributed by atoms with E-state index in [0.717, 1.165) is 63.9 Å². The van der Waals surface area contributed by atoms with Crippen LogP contribution in [-0.4, -0.2) is 19.7 Å². The molecule has 0 saturated carbocycles. The van der Waals surface area contributed by atoms with Crippen LogP contribution >= 0.6 is 23.2 Å². The second-order valence-electron chi connectivity index (χ2n) is 7.93. The van der Waals surface area contributed by atoms with Crippen molar-refractivity contribution in [2.75, 3.05) is 0 Å². The van der Waals surface area contributed by atoms with Crippen molar-refractivity contribution in [2.24, 2.45) is 0 Å². The zero-order valence-electron chi connectivity index (χ0n) is 17.1. The van der Waals surface area contributed by atoms with Crippen LogP contribution in [0.5, 0.6) is 0 Å². The summed E-state index contributed by atoms with van der Waals surface area (Å²) in [6.07, 6.45) is 5.82. The van der Waals surface area contributed by atoms with E-state index in [1.807, 2.05) is 48.8 Å². The minimum absolute atomic E-state index is 0.543. The average molecular weight is 457 g/mol. The Hall–Kier alpha value is -3.21. The third-order valence-corrected chi connectivity index (χ3v) is 6.75. The molecule has 0 spiro atoms. The van der Waals surface area contributed by atoms with Crippen molar-refractivity contribution >= 4 is 34.1 Å². The molecule has 0 unspecified atom stereocenters. The van der Waals surface area contributed by atoms with Crippen LogP contribution in [0.1, 0.15) is 12.1 Å². The van der Waals surface area contributed by atoms with Crippen molar-refractivity contribution in [3.8, 4) is 33.6 Å². The first kappa shape index (κ1) is 19.5. The van der Waals surface area contributed by atoms with Gasteiger partial charge in [-0.05, 0) is 65.9 Å². The summed E-state index contributed by atoms with van der Waals surface area (Å²) in [6, 6.07) is 20.1. The van der Waals surface area contributed by atoms with Gasteiger partial charge in [-0.2, -0.15) is 5.10 Å². The SMILES string of the molecule is Clc1ccc(-c2ccc3c(-c4c(-c5ccccn5)nn5c4CCC5)ccnc3c2)cc1Cl. The minimum atomic E-state index is 0.543. The van der Waals surface area contributed by atoms with Gasteiger partial charge < -0.3 is 0 Å². The van der Waals surface area contributed by atoms with Gasteiger partial charge in [0.1, 0.15) is 5.69 Å². The number of hydrogen-bond donors (Lipinski definition) is 0. The van der Waals surface area contributed by atoms with Crippen LogP contribution in [0.15, 0.2) is 73.1 Å². The molecule has 32 heavy (non-hydrogen) atoms. The number of aryl methyl sites for hydroxylation is 1. The van der Waals surface area contributed by atoms with E-state index in [2.05, 4.69) is 38.9 Å². The van der Waals surface area contributed by atoms with Crippen LogP contribution in [0.3, 0.4) is 0 Å². The summed E-state index contributed by atoms with van der Waals surface area (Å²) in [5.41, 5.74) is 8.38. The Balaban J connectivity index is 1.55. The average Bonchev–Trinajstić information content (AvgIpc) is 3.42. The van der Waals surface area contributed by atoms with Gasteiger partial charge in [-0.3, -0.25) is 14.6 Å². The number of fused-ring (bicyclic) bond motifs is 2. The van der Waals surface area contributed by atoms with Crippen LogP contribution in [0, 0.1) is 0 Å². The molecule has 0 aliphatic carbocycles. The highest BCUT2D eigenvalue weighted by molar-refractivity contribution is 6.42. The van der Waals surface area contributed by atoms with Gasteiger partial charge in [0.05, 0.1) is 21.3 Å². The Morgan fingerprint density at radius 1 is 0.812 bits per heavy atom. The molecule has 4 nitrogen and oxygen atoms in total. The van der Waals surface area contributed by atoms with Gasteiger partial charge in [-0.1, -0.05) is 47.5 Å². The Labute approximate surface area is 195 Å². The number of pyridine rings is 2. The fourth-order valence-electron chi connectivity index (χ4n) is 4.52. The molecule has 156 valence electrons. The number of benzene rings is 2. The van der Waals surface area contributed by atoms with Gasteiger partial charge >= 0.3 is 0 Å². The summed E-state index contributed by atoms with van der Waals surface area (Å²) in [7, 11) is 0. The molecule has 5 aromatic rings. The first-order chi connectivity index (χ1) is 15.7. The molecule has 3 aromatic heterocycles. The molecule has 6 rings (SSSR count). The second kappa shape index (κ2) is 7.73. The molecule has 0 fully saturated rings. The predicted octanol–water partition coefficient (Wildman–Crippen LogP) is 7.08. The highest BCUT2D eigenvalue weighted by atomic mass is 35.5. The lowest BCUT2D eigenvalue weighted by Gasteiger charge is -2.10. The van der Waals surface area contributed by atoms with E-state index in [9.17, 15) is 0 Å². The monoisotopic (exact) mass is 456 g/mol. The summed E-state index contributed by atoms with van der Waals surface area (Å²) in [4.78, 5) is 9.25. The van der Waals surface area contributed by atoms with Crippen LogP contribution in [0.25, 0.3) is 44.5 Å². The first-order valence-electron chi connectivity index (χ1n) is 10.5. The van der Waals surface area contributed by atoms with Gasteiger partial charge in [-0.25, -0.2) is 0 Å². The maximum atomic E-state index is 6.24. The normalized spacial score (nSPS) is 12.9. The fourth-order valence-corrected chi connectivity index (χ4v) is 4.82. The van der Waals surface area contributed by atoms with Crippen molar-refractivity contribution in [3.05, 3.63) is 88.8 Å². The minimum Gasteiger partial charge on any atom is -0.268 e. The summed E-state index contributed by atoms with van der Waals surface area (Å²) < 4.78 is 2.13. The summed E-state index contributed by atoms with van der Waals surface area (Å²) in [5.74, 6) is 0. The Kier molecular flexibility index (Phi) is 4.71. The molecule has 1 aliphatic rings. The molecule has 0 amide bonds. The van der Waals surface area contributed by atoms with Crippen molar-refractivity contribution in [1.82, 2.24) is 19.7 Å². The van der Waals surface area contributed by atoms with E-state index >= 15 is 0 Å². The molecule has 0 bridgehead atoms. The third kappa shape index (κ3) is 3.19. The standard InChI is InChI=1S/C26H18Cl2N4/c27-20-9-7-16(14-21(20)28)17-6-8-18-19(10-12-30-23(18)15-17)25-24-5-3-13-32(24)31-26(25)22-4-1-2-11-29-22/h1-2,4,6-12,14-15H,3,5,13H2. The molecule has 2 aromatic carbocycles. The summed E-state index contributed by atoms with van der Waals surface area (Å²) >= 11 is 12.3. The van der Waals surface area contributed by atoms with Crippen molar-refractivity contribution in [1.29, 1.82) is 0 Å². The van der Waals surface area contributed by atoms with E-state index in [1.54, 1.807) is 0 Å². The Morgan fingerprint density at radius 3 is 2.53 bits per heavy atom. The Bertz CT molecular complexity index is 1470. The maximum Gasteiger partial charge on any atom is 0.119 e. The fraction of sp³-hybridized carbons (Fsp3) is 0.115. The number of hydrogen-bond acceptors (Lipinski definition) is 3. The zero-order valence-corrected chi connectivity index (χ0v) is 18.6. The molecule has 1 aliphatic heterocycles. The van der Waals surface area contributed by atoms with E-state index in [-0.39, 0.29) is 0 Å². The third-order valence-electron chi connectivity index (χ3n) is 6.01. The number of aromatic nitrogens is 4. The van der Waals surface area contributed by atoms with E-state index < -0.39 is 0 Å². The molecular formula is C26H18Cl2N4. The molecule has 6 heteroatoms. The van der Waals surface area contributed by atoms with Crippen LogP contribution in [-0.2, 0) is 13.0 Å². The summed E-state index contributed by atoms with van der Waals surface area (Å²) in [6.45, 7) is 0.944. The lowest BCUT2D eigenvalue weighted by Crippen LogP contribution is -1.94. The van der Waals surface area contributed by atoms with E-state index in [4.69, 9.17) is 28.3 Å². The molecule has 0 saturated heterocycles. The quantitative estimate of drug-likeness (QED) is 0.291. The highest BCUT2D eigenvalue weighted by Gasteiger charge is 2.25. The van der Waals surface area contributed by atoms with Crippen molar-refractivity contribution in [3.63, 3.8) is 0 Å². The lowest BCUT2D eigenvalue weighted by atomic mass is 9.95. The van der Waals surface area contributed by atoms with Crippen LogP contribution < -0.4 is 0 Å². The number of nitrogens with zero attached hydrogens (tertiary/aromatic N) is 4. The zero-order chi connectivity index (χ0) is 21.7. The van der Waals surface area contributed by atoms with Gasteiger partial charge in [0.2, 0.25) is 0 Å². The maximum absolute atomic E-state index is 6.24. The number of halogens is 2. The van der Waals surface area contributed by atoms with Crippen molar-refractivity contribution in [2.45, 2.75) is 19.4 Å². The molecular weight excluding hydrogens is 439 g/mol. The first-order valence-corrected chi connectivity index (χ1v) is 11.3. The largest absolute Gasteiger partial charge is 0.268 e. The number of rotatable bonds is 3. The van der Waals surface area contributed by atoms with Crippen molar-refractivity contribution < 1.29 is 0 Å². The van der Waals surface area contributed by atoms with Gasteiger partial charge in [0.15, 0.2) is 0 Å². The van der Waals surface area contributed by atoms with Crippen LogP contribution in [0.4, 0.5) is 0 Å². The van der Waals surface area contributed by atoms with Gasteiger partial charge in [0, 0.05) is 35.6 Å². The Morgan fingerprint density at radius 2 is 1.69 bits per heavy atom. The molecule has 0 radical (unpaired) electrons.